The molecule has 5 aromatic carbocycles. The van der Waals surface area contributed by atoms with Crippen molar-refractivity contribution in [2.24, 2.45) is 0 Å². The molecule has 0 saturated heterocycles. The Hall–Kier alpha value is -4.10. The van der Waals surface area contributed by atoms with Crippen molar-refractivity contribution in [3.8, 4) is 27.9 Å². The maximum atomic E-state index is 2.53. The second-order valence-electron chi connectivity index (χ2n) is 13.2. The molecule has 1 atom stereocenters. The van der Waals surface area contributed by atoms with E-state index >= 15 is 0 Å². The van der Waals surface area contributed by atoms with Crippen molar-refractivity contribution in [3.63, 3.8) is 0 Å². The van der Waals surface area contributed by atoms with E-state index in [4.69, 9.17) is 0 Å². The van der Waals surface area contributed by atoms with Gasteiger partial charge >= 0.3 is 0 Å². The van der Waals surface area contributed by atoms with Gasteiger partial charge in [-0.25, -0.2) is 0 Å². The number of rotatable bonds is 3. The second-order valence-corrected chi connectivity index (χ2v) is 13.2. The molecule has 1 aliphatic heterocycles. The summed E-state index contributed by atoms with van der Waals surface area (Å²) in [5, 5.41) is 2.72. The van der Waals surface area contributed by atoms with Gasteiger partial charge in [0.2, 0.25) is 0 Å². The summed E-state index contributed by atoms with van der Waals surface area (Å²) in [6.45, 7) is 13.8. The molecule has 0 bridgehead atoms. The summed E-state index contributed by atoms with van der Waals surface area (Å²) >= 11 is 0. The van der Waals surface area contributed by atoms with Crippen LogP contribution in [0.25, 0.3) is 49.7 Å². The van der Waals surface area contributed by atoms with Crippen LogP contribution in [-0.2, 0) is 11.8 Å². The molecule has 0 saturated carbocycles. The van der Waals surface area contributed by atoms with E-state index in [0.29, 0.717) is 5.92 Å². The van der Waals surface area contributed by atoms with Crippen LogP contribution in [0.4, 0.5) is 0 Å². The molecule has 2 aliphatic rings. The number of hydrogen-bond acceptors (Lipinski definition) is 0. The SMILES string of the molecule is CCC(C)c1ccc2c(c1)Cc1cc(-c3ccc4c(c3)C(C)(C)c3cc(C)ccc3-4)cc3c4cc(C)ccc4n-2c13. The highest BCUT2D eigenvalue weighted by molar-refractivity contribution is 6.12. The monoisotopic (exact) mass is 531 g/mol. The van der Waals surface area contributed by atoms with Crippen molar-refractivity contribution in [2.75, 3.05) is 0 Å². The van der Waals surface area contributed by atoms with E-state index in [1.165, 1.54) is 88.7 Å². The Morgan fingerprint density at radius 3 is 2.24 bits per heavy atom. The highest BCUT2D eigenvalue weighted by Gasteiger charge is 2.35. The van der Waals surface area contributed by atoms with Crippen LogP contribution in [-0.4, -0.2) is 4.57 Å². The summed E-state index contributed by atoms with van der Waals surface area (Å²) in [5.74, 6) is 0.569. The molecule has 1 aromatic heterocycles. The number of aryl methyl sites for hydroxylation is 2. The Morgan fingerprint density at radius 1 is 0.707 bits per heavy atom. The number of aromatic nitrogens is 1. The van der Waals surface area contributed by atoms with Crippen LogP contribution >= 0.6 is 0 Å². The fraction of sp³-hybridized carbons (Fsp3) is 0.250. The molecule has 6 aromatic rings. The molecule has 0 fully saturated rings. The van der Waals surface area contributed by atoms with Gasteiger partial charge in [-0.15, -0.1) is 0 Å². The summed E-state index contributed by atoms with van der Waals surface area (Å²) < 4.78 is 2.53. The van der Waals surface area contributed by atoms with Gasteiger partial charge in [0.15, 0.2) is 0 Å². The molecule has 2 heterocycles. The minimum atomic E-state index is -0.0104. The highest BCUT2D eigenvalue weighted by atomic mass is 15.0. The normalized spacial score (nSPS) is 15.2. The number of fused-ring (bicyclic) bond motifs is 8. The Labute approximate surface area is 243 Å². The Morgan fingerprint density at radius 2 is 1.44 bits per heavy atom. The zero-order valence-corrected chi connectivity index (χ0v) is 25.0. The Bertz CT molecular complexity index is 2070. The van der Waals surface area contributed by atoms with Crippen LogP contribution in [0.1, 0.15) is 79.0 Å². The average molecular weight is 532 g/mol. The molecular weight excluding hydrogens is 494 g/mol. The summed E-state index contributed by atoms with van der Waals surface area (Å²) in [4.78, 5) is 0. The highest BCUT2D eigenvalue weighted by Crippen LogP contribution is 2.50. The van der Waals surface area contributed by atoms with Crippen molar-refractivity contribution in [1.29, 1.82) is 0 Å². The van der Waals surface area contributed by atoms with Gasteiger partial charge in [-0.1, -0.05) is 87.4 Å². The first kappa shape index (κ1) is 24.7. The molecule has 0 N–H and O–H groups in total. The molecule has 8 rings (SSSR count). The standard InChI is InChI=1S/C40H37N/c1-7-25(4)26-11-15-37-29(18-26)20-30-19-28(21-34-33-16-23(2)9-14-38(33)41(37)39(30)34)27-10-13-32-31-12-8-24(3)17-35(31)40(5,6)36(32)22-27/h8-19,21-22,25H,7,20H2,1-6H3. The fourth-order valence-electron chi connectivity index (χ4n) is 7.64. The van der Waals surface area contributed by atoms with E-state index in [9.17, 15) is 0 Å². The van der Waals surface area contributed by atoms with Gasteiger partial charge in [0.25, 0.3) is 0 Å². The van der Waals surface area contributed by atoms with Crippen molar-refractivity contribution >= 4 is 21.8 Å². The molecule has 0 spiro atoms. The van der Waals surface area contributed by atoms with E-state index in [-0.39, 0.29) is 5.41 Å². The zero-order valence-electron chi connectivity index (χ0n) is 25.0. The maximum Gasteiger partial charge on any atom is 0.0577 e. The third-order valence-electron chi connectivity index (χ3n) is 10.2. The van der Waals surface area contributed by atoms with Crippen molar-refractivity contribution in [3.05, 3.63) is 124 Å². The molecule has 1 heteroatoms. The second kappa shape index (κ2) is 8.46. The van der Waals surface area contributed by atoms with Gasteiger partial charge in [0, 0.05) is 28.3 Å². The average Bonchev–Trinajstić information content (AvgIpc) is 3.41. The molecule has 1 unspecified atom stereocenters. The summed E-state index contributed by atoms with van der Waals surface area (Å²) in [6, 6.07) is 33.2. The van der Waals surface area contributed by atoms with Crippen molar-refractivity contribution in [2.45, 2.75) is 65.7 Å². The Kier molecular flexibility index (Phi) is 5.09. The predicted octanol–water partition coefficient (Wildman–Crippen LogP) is 10.8. The van der Waals surface area contributed by atoms with E-state index in [1.807, 2.05) is 0 Å². The van der Waals surface area contributed by atoms with Crippen LogP contribution in [0.5, 0.6) is 0 Å². The summed E-state index contributed by atoms with van der Waals surface area (Å²) in [6.07, 6.45) is 2.13. The van der Waals surface area contributed by atoms with Crippen LogP contribution in [0.3, 0.4) is 0 Å². The van der Waals surface area contributed by atoms with Crippen LogP contribution in [0.15, 0.2) is 84.9 Å². The number of hydrogen-bond donors (Lipinski definition) is 0. The lowest BCUT2D eigenvalue weighted by Gasteiger charge is -2.24. The van der Waals surface area contributed by atoms with Gasteiger partial charge in [0.1, 0.15) is 0 Å². The fourth-order valence-corrected chi connectivity index (χ4v) is 7.64. The quantitative estimate of drug-likeness (QED) is 0.214. The minimum absolute atomic E-state index is 0.0104. The van der Waals surface area contributed by atoms with Gasteiger partial charge in [0.05, 0.1) is 11.0 Å². The maximum absolute atomic E-state index is 2.53. The van der Waals surface area contributed by atoms with Crippen LogP contribution in [0, 0.1) is 13.8 Å². The van der Waals surface area contributed by atoms with E-state index in [0.717, 1.165) is 12.8 Å². The molecule has 202 valence electrons. The first-order valence-electron chi connectivity index (χ1n) is 15.2. The van der Waals surface area contributed by atoms with Gasteiger partial charge < -0.3 is 4.57 Å². The number of nitrogens with zero attached hydrogens (tertiary/aromatic N) is 1. The lowest BCUT2D eigenvalue weighted by Crippen LogP contribution is -2.15. The molecule has 1 nitrogen and oxygen atoms in total. The Balaban J connectivity index is 1.36. The van der Waals surface area contributed by atoms with E-state index in [2.05, 4.69) is 131 Å². The van der Waals surface area contributed by atoms with Gasteiger partial charge in [-0.05, 0) is 113 Å². The van der Waals surface area contributed by atoms with E-state index in [1.54, 1.807) is 0 Å². The van der Waals surface area contributed by atoms with Crippen LogP contribution in [0.2, 0.25) is 0 Å². The zero-order chi connectivity index (χ0) is 28.2. The first-order chi connectivity index (χ1) is 19.7. The van der Waals surface area contributed by atoms with Crippen LogP contribution < -0.4 is 0 Å². The minimum Gasteiger partial charge on any atom is -0.309 e. The molecule has 1 aliphatic carbocycles. The lowest BCUT2D eigenvalue weighted by atomic mass is 9.81. The number of benzene rings is 5. The first-order valence-corrected chi connectivity index (χ1v) is 15.2. The molecular formula is C40H37N. The largest absolute Gasteiger partial charge is 0.309 e. The topological polar surface area (TPSA) is 4.93 Å². The molecule has 0 amide bonds. The van der Waals surface area contributed by atoms with Crippen molar-refractivity contribution in [1.82, 2.24) is 4.57 Å². The molecule has 41 heavy (non-hydrogen) atoms. The van der Waals surface area contributed by atoms with E-state index < -0.39 is 0 Å². The summed E-state index contributed by atoms with van der Waals surface area (Å²) in [7, 11) is 0. The predicted molar refractivity (Wildman–Crippen MR) is 175 cm³/mol. The third kappa shape index (κ3) is 3.42. The smallest absolute Gasteiger partial charge is 0.0577 e. The third-order valence-corrected chi connectivity index (χ3v) is 10.2. The summed E-state index contributed by atoms with van der Waals surface area (Å²) in [5.41, 5.74) is 19.3. The lowest BCUT2D eigenvalue weighted by molar-refractivity contribution is 0.660. The van der Waals surface area contributed by atoms with Crippen molar-refractivity contribution < 1.29 is 0 Å². The van der Waals surface area contributed by atoms with Gasteiger partial charge in [-0.3, -0.25) is 0 Å². The molecule has 0 radical (unpaired) electrons. The van der Waals surface area contributed by atoms with Gasteiger partial charge in [-0.2, -0.15) is 0 Å².